The Balaban J connectivity index is 2.35. The van der Waals surface area contributed by atoms with Crippen molar-refractivity contribution < 1.29 is 14.3 Å². The maximum Gasteiger partial charge on any atom is 0.251 e. The molecule has 0 aromatic heterocycles. The Morgan fingerprint density at radius 2 is 0.895 bits per heavy atom. The van der Waals surface area contributed by atoms with Crippen molar-refractivity contribution in [3.8, 4) is 11.5 Å². The number of benzene rings is 1. The predicted molar refractivity (Wildman–Crippen MR) is 249 cm³/mol. The predicted octanol–water partition coefficient (Wildman–Crippen LogP) is 14.4. The van der Waals surface area contributed by atoms with E-state index in [1.807, 2.05) is 18.2 Å². The normalized spacial score (nSPS) is 11.6. The number of hydrogen-bond donors (Lipinski definition) is 3. The van der Waals surface area contributed by atoms with Crippen LogP contribution in [0.2, 0.25) is 0 Å². The summed E-state index contributed by atoms with van der Waals surface area (Å²) >= 11 is 0. The average molecular weight is 796 g/mol. The van der Waals surface area contributed by atoms with Gasteiger partial charge in [0.15, 0.2) is 11.5 Å². The molecule has 330 valence electrons. The lowest BCUT2D eigenvalue weighted by Crippen LogP contribution is -2.25. The second-order valence-electron chi connectivity index (χ2n) is 16.4. The lowest BCUT2D eigenvalue weighted by molar-refractivity contribution is 0.0952. The molecule has 0 bridgehead atoms. The first kappa shape index (κ1) is 52.7. The van der Waals surface area contributed by atoms with Gasteiger partial charge in [-0.15, -0.1) is 0 Å². The molecule has 4 N–H and O–H groups in total. The molecular weight excluding hydrogens is 703 g/mol. The Kier molecular flexibility index (Phi) is 40.0. The molecule has 0 saturated carbocycles. The van der Waals surface area contributed by atoms with E-state index in [0.29, 0.717) is 31.1 Å². The first-order valence-corrected chi connectivity index (χ1v) is 24.6. The van der Waals surface area contributed by atoms with Crippen LogP contribution < -0.4 is 25.8 Å². The Bertz CT molecular complexity index is 1060. The lowest BCUT2D eigenvalue weighted by atomic mass is 10.1. The van der Waals surface area contributed by atoms with Crippen LogP contribution in [0.5, 0.6) is 11.5 Å². The molecule has 0 heterocycles. The maximum atomic E-state index is 13.0. The zero-order chi connectivity index (χ0) is 41.0. The number of nitrogens with two attached hydrogens (primary N) is 1. The van der Waals surface area contributed by atoms with Crippen molar-refractivity contribution in [2.75, 3.05) is 39.4 Å². The third-order valence-corrected chi connectivity index (χ3v) is 10.9. The van der Waals surface area contributed by atoms with Gasteiger partial charge in [-0.3, -0.25) is 4.79 Å². The van der Waals surface area contributed by atoms with Crippen LogP contribution in [0.3, 0.4) is 0 Å². The standard InChI is InChI=1S/C51H93N3O3/c1-3-5-7-9-11-13-15-17-19-21-23-25-27-29-31-37-45-56-49-40-39-48(51(55)54-44-36-35-43-53-42-34-33-41-52)47-50(49)57-46-38-32-30-28-26-24-22-20-18-16-14-12-10-8-6-4-2/h17-20,39-40,47,53H,3-16,21-38,41-46,52H2,1-2H3,(H,54,55)/b19-17-,20-18-. The summed E-state index contributed by atoms with van der Waals surface area (Å²) < 4.78 is 12.5. The number of amides is 1. The van der Waals surface area contributed by atoms with Crippen molar-refractivity contribution in [1.29, 1.82) is 0 Å². The monoisotopic (exact) mass is 796 g/mol. The van der Waals surface area contributed by atoms with Crippen molar-refractivity contribution in [1.82, 2.24) is 10.6 Å². The first-order valence-electron chi connectivity index (χ1n) is 24.6. The lowest BCUT2D eigenvalue weighted by Gasteiger charge is -2.15. The third-order valence-electron chi connectivity index (χ3n) is 10.9. The number of hydrogen-bond acceptors (Lipinski definition) is 5. The largest absolute Gasteiger partial charge is 0.490 e. The molecule has 6 heteroatoms. The Morgan fingerprint density at radius 1 is 0.491 bits per heavy atom. The fraction of sp³-hybridized carbons (Fsp3) is 0.784. The van der Waals surface area contributed by atoms with Gasteiger partial charge >= 0.3 is 0 Å². The summed E-state index contributed by atoms with van der Waals surface area (Å²) in [6, 6.07) is 5.69. The minimum atomic E-state index is -0.0483. The van der Waals surface area contributed by atoms with Gasteiger partial charge in [0.25, 0.3) is 5.91 Å². The summed E-state index contributed by atoms with van der Waals surface area (Å²) in [6.45, 7) is 9.29. The Hall–Kier alpha value is -2.31. The minimum absolute atomic E-state index is 0.0483. The first-order chi connectivity index (χ1) is 28.2. The highest BCUT2D eigenvalue weighted by atomic mass is 16.5. The summed E-state index contributed by atoms with van der Waals surface area (Å²) in [6.07, 6.45) is 50.0. The molecule has 6 nitrogen and oxygen atoms in total. The van der Waals surface area contributed by atoms with Crippen LogP contribution in [0.4, 0.5) is 0 Å². The highest BCUT2D eigenvalue weighted by molar-refractivity contribution is 5.94. The molecule has 1 aromatic carbocycles. The van der Waals surface area contributed by atoms with E-state index in [2.05, 4.69) is 48.8 Å². The SMILES string of the molecule is CCCCCCCC/C=C\CCCCCCCCOc1ccc(C(=O)NCCCCNCCCCN)cc1OCCCCCCCC/C=C\CCCCCCCC. The molecule has 0 unspecified atom stereocenters. The van der Waals surface area contributed by atoms with Crippen molar-refractivity contribution in [2.24, 2.45) is 5.73 Å². The van der Waals surface area contributed by atoms with Gasteiger partial charge in [0, 0.05) is 12.1 Å². The minimum Gasteiger partial charge on any atom is -0.490 e. The number of nitrogens with one attached hydrogen (secondary N) is 2. The molecule has 0 radical (unpaired) electrons. The van der Waals surface area contributed by atoms with Crippen molar-refractivity contribution in [3.05, 3.63) is 48.1 Å². The van der Waals surface area contributed by atoms with Gasteiger partial charge in [0.2, 0.25) is 0 Å². The van der Waals surface area contributed by atoms with E-state index in [0.717, 1.165) is 63.9 Å². The molecule has 0 fully saturated rings. The van der Waals surface area contributed by atoms with Gasteiger partial charge in [-0.1, -0.05) is 154 Å². The van der Waals surface area contributed by atoms with Crippen molar-refractivity contribution in [3.63, 3.8) is 0 Å². The molecule has 1 aromatic rings. The number of ether oxygens (including phenoxy) is 2. The molecule has 1 rings (SSSR count). The van der Waals surface area contributed by atoms with Gasteiger partial charge < -0.3 is 25.8 Å². The van der Waals surface area contributed by atoms with E-state index in [1.165, 1.54) is 167 Å². The average Bonchev–Trinajstić information content (AvgIpc) is 3.22. The maximum absolute atomic E-state index is 13.0. The molecule has 0 aliphatic heterocycles. The third kappa shape index (κ3) is 35.4. The topological polar surface area (TPSA) is 85.6 Å². The number of rotatable bonds is 44. The van der Waals surface area contributed by atoms with E-state index in [1.54, 1.807) is 0 Å². The summed E-state index contributed by atoms with van der Waals surface area (Å²) in [4.78, 5) is 13.0. The molecule has 0 spiro atoms. The van der Waals surface area contributed by atoms with Crippen LogP contribution in [0, 0.1) is 0 Å². The zero-order valence-corrected chi connectivity index (χ0v) is 37.7. The number of carbonyl (C=O) groups is 1. The highest BCUT2D eigenvalue weighted by Crippen LogP contribution is 2.29. The number of allylic oxidation sites excluding steroid dienone is 4. The van der Waals surface area contributed by atoms with Gasteiger partial charge in [-0.25, -0.2) is 0 Å². The second-order valence-corrected chi connectivity index (χ2v) is 16.4. The van der Waals surface area contributed by atoms with Gasteiger partial charge in [0.1, 0.15) is 0 Å². The van der Waals surface area contributed by atoms with Crippen LogP contribution in [0.15, 0.2) is 42.5 Å². The fourth-order valence-electron chi connectivity index (χ4n) is 7.14. The quantitative estimate of drug-likeness (QED) is 0.0452. The van der Waals surface area contributed by atoms with Crippen LogP contribution in [0.1, 0.15) is 230 Å². The van der Waals surface area contributed by atoms with Crippen LogP contribution in [0.25, 0.3) is 0 Å². The van der Waals surface area contributed by atoms with Crippen LogP contribution in [-0.4, -0.2) is 45.3 Å². The van der Waals surface area contributed by atoms with E-state index < -0.39 is 0 Å². The molecule has 1 amide bonds. The smallest absolute Gasteiger partial charge is 0.251 e. The van der Waals surface area contributed by atoms with Gasteiger partial charge in [0.05, 0.1) is 13.2 Å². The van der Waals surface area contributed by atoms with E-state index >= 15 is 0 Å². The Morgan fingerprint density at radius 3 is 1.37 bits per heavy atom. The highest BCUT2D eigenvalue weighted by Gasteiger charge is 2.12. The molecule has 0 aliphatic carbocycles. The summed E-state index contributed by atoms with van der Waals surface area (Å²) in [5.74, 6) is 1.40. The van der Waals surface area contributed by atoms with Crippen LogP contribution >= 0.6 is 0 Å². The summed E-state index contributed by atoms with van der Waals surface area (Å²) in [7, 11) is 0. The van der Waals surface area contributed by atoms with Gasteiger partial charge in [-0.05, 0) is 128 Å². The van der Waals surface area contributed by atoms with E-state index in [4.69, 9.17) is 15.2 Å². The van der Waals surface area contributed by atoms with E-state index in [9.17, 15) is 4.79 Å². The molecule has 0 aliphatic rings. The molecule has 0 saturated heterocycles. The summed E-state index contributed by atoms with van der Waals surface area (Å²) in [5.41, 5.74) is 6.21. The molecular formula is C51H93N3O3. The second kappa shape index (κ2) is 43.3. The fourth-order valence-corrected chi connectivity index (χ4v) is 7.14. The van der Waals surface area contributed by atoms with E-state index in [-0.39, 0.29) is 5.91 Å². The van der Waals surface area contributed by atoms with Gasteiger partial charge in [-0.2, -0.15) is 0 Å². The summed E-state index contributed by atoms with van der Waals surface area (Å²) in [5, 5.41) is 6.56. The zero-order valence-electron chi connectivity index (χ0n) is 37.7. The van der Waals surface area contributed by atoms with Crippen molar-refractivity contribution >= 4 is 5.91 Å². The molecule has 57 heavy (non-hydrogen) atoms. The van der Waals surface area contributed by atoms with Crippen LogP contribution in [-0.2, 0) is 0 Å². The number of unbranched alkanes of at least 4 members (excludes halogenated alkanes) is 26. The van der Waals surface area contributed by atoms with Crippen molar-refractivity contribution in [2.45, 2.75) is 219 Å². The molecule has 0 atom stereocenters. The number of carbonyl (C=O) groups excluding carboxylic acids is 1. The Labute approximate surface area is 353 Å².